The summed E-state index contributed by atoms with van der Waals surface area (Å²) in [5, 5.41) is 4.88. The molecule has 3 heterocycles. The van der Waals surface area contributed by atoms with Crippen LogP contribution in [0, 0.1) is 6.92 Å². The Morgan fingerprint density at radius 3 is 3.09 bits per heavy atom. The molecule has 3 rings (SSSR count). The summed E-state index contributed by atoms with van der Waals surface area (Å²) in [5.41, 5.74) is 2.06. The van der Waals surface area contributed by atoms with E-state index < -0.39 is 0 Å². The van der Waals surface area contributed by atoms with Crippen molar-refractivity contribution in [3.05, 3.63) is 45.7 Å². The number of carbonyl (C=O) groups is 1. The molecule has 0 radical (unpaired) electrons. The fraction of sp³-hybridized carbons (Fsp3) is 0.438. The van der Waals surface area contributed by atoms with Crippen LogP contribution in [0.1, 0.15) is 45.6 Å². The van der Waals surface area contributed by atoms with Crippen molar-refractivity contribution in [1.29, 1.82) is 0 Å². The summed E-state index contributed by atoms with van der Waals surface area (Å²) in [6.45, 7) is 3.47. The van der Waals surface area contributed by atoms with Crippen LogP contribution in [0.25, 0.3) is 0 Å². The number of hydrogen-bond acceptors (Lipinski definition) is 5. The second-order valence-electron chi connectivity index (χ2n) is 5.63. The fourth-order valence-electron chi connectivity index (χ4n) is 2.86. The zero-order chi connectivity index (χ0) is 15.5. The Balaban J connectivity index is 1.77. The van der Waals surface area contributed by atoms with Crippen molar-refractivity contribution in [2.75, 3.05) is 13.6 Å². The van der Waals surface area contributed by atoms with E-state index in [1.807, 2.05) is 30.6 Å². The number of rotatable bonds is 4. The summed E-state index contributed by atoms with van der Waals surface area (Å²) in [7, 11) is 2.13. The van der Waals surface area contributed by atoms with E-state index in [2.05, 4.69) is 27.2 Å². The highest BCUT2D eigenvalue weighted by Crippen LogP contribution is 2.31. The minimum atomic E-state index is -0.0405. The molecule has 1 fully saturated rings. The molecule has 0 spiro atoms. The van der Waals surface area contributed by atoms with Crippen LogP contribution in [0.2, 0.25) is 0 Å². The van der Waals surface area contributed by atoms with Crippen LogP contribution < -0.4 is 5.32 Å². The molecule has 22 heavy (non-hydrogen) atoms. The Kier molecular flexibility index (Phi) is 4.49. The maximum atomic E-state index is 12.1. The van der Waals surface area contributed by atoms with Gasteiger partial charge in [-0.05, 0) is 44.8 Å². The highest BCUT2D eigenvalue weighted by Gasteiger charge is 2.26. The van der Waals surface area contributed by atoms with Crippen molar-refractivity contribution in [3.8, 4) is 0 Å². The van der Waals surface area contributed by atoms with E-state index in [9.17, 15) is 4.79 Å². The minimum absolute atomic E-state index is 0.0405. The van der Waals surface area contributed by atoms with Crippen molar-refractivity contribution < 1.29 is 4.79 Å². The fourth-order valence-corrected chi connectivity index (χ4v) is 3.50. The van der Waals surface area contributed by atoms with E-state index in [1.54, 1.807) is 0 Å². The molecular formula is C16H20N4OS. The predicted octanol–water partition coefficient (Wildman–Crippen LogP) is 2.54. The number of carbonyl (C=O) groups excluding carboxylic acids is 1. The first-order chi connectivity index (χ1) is 10.6. The molecule has 1 amide bonds. The van der Waals surface area contributed by atoms with Crippen LogP contribution in [0.3, 0.4) is 0 Å². The smallest absolute Gasteiger partial charge is 0.261 e. The first-order valence-electron chi connectivity index (χ1n) is 7.49. The number of thiophene rings is 1. The Bertz CT molecular complexity index is 656. The van der Waals surface area contributed by atoms with Gasteiger partial charge < -0.3 is 5.32 Å². The van der Waals surface area contributed by atoms with Gasteiger partial charge in [0.25, 0.3) is 5.91 Å². The predicted molar refractivity (Wildman–Crippen MR) is 86.9 cm³/mol. The van der Waals surface area contributed by atoms with E-state index >= 15 is 0 Å². The van der Waals surface area contributed by atoms with Gasteiger partial charge in [-0.1, -0.05) is 6.07 Å². The minimum Gasteiger partial charge on any atom is -0.347 e. The molecule has 1 unspecified atom stereocenters. The molecule has 2 aromatic rings. The number of amides is 1. The second kappa shape index (κ2) is 6.54. The monoisotopic (exact) mass is 316 g/mol. The summed E-state index contributed by atoms with van der Waals surface area (Å²) >= 11 is 1.45. The van der Waals surface area contributed by atoms with Crippen molar-refractivity contribution in [3.63, 3.8) is 0 Å². The van der Waals surface area contributed by atoms with Gasteiger partial charge in [0.1, 0.15) is 5.82 Å². The Morgan fingerprint density at radius 1 is 1.55 bits per heavy atom. The molecule has 5 nitrogen and oxygen atoms in total. The summed E-state index contributed by atoms with van der Waals surface area (Å²) in [6.07, 6.45) is 4.14. The van der Waals surface area contributed by atoms with Gasteiger partial charge in [-0.25, -0.2) is 9.97 Å². The maximum Gasteiger partial charge on any atom is 0.261 e. The first kappa shape index (κ1) is 15.1. The third-order valence-corrected chi connectivity index (χ3v) is 4.91. The van der Waals surface area contributed by atoms with E-state index in [-0.39, 0.29) is 5.91 Å². The SMILES string of the molecule is Cc1ncc(CNC(=O)c2cccs2)c(C2CCCN2C)n1. The van der Waals surface area contributed by atoms with E-state index in [4.69, 9.17) is 0 Å². The molecule has 0 aromatic carbocycles. The van der Waals surface area contributed by atoms with Crippen molar-refractivity contribution in [2.24, 2.45) is 0 Å². The molecule has 116 valence electrons. The van der Waals surface area contributed by atoms with Gasteiger partial charge in [0, 0.05) is 18.3 Å². The Hall–Kier alpha value is -1.79. The van der Waals surface area contributed by atoms with Crippen LogP contribution in [0.15, 0.2) is 23.7 Å². The quantitative estimate of drug-likeness (QED) is 0.942. The van der Waals surface area contributed by atoms with Crippen molar-refractivity contribution in [2.45, 2.75) is 32.4 Å². The summed E-state index contributed by atoms with van der Waals surface area (Å²) in [5.74, 6) is 0.741. The van der Waals surface area contributed by atoms with Crippen LogP contribution in [-0.2, 0) is 6.54 Å². The molecule has 1 aliphatic heterocycles. The highest BCUT2D eigenvalue weighted by atomic mass is 32.1. The number of nitrogens with one attached hydrogen (secondary N) is 1. The van der Waals surface area contributed by atoms with E-state index in [0.29, 0.717) is 12.6 Å². The number of aromatic nitrogens is 2. The molecule has 1 aliphatic rings. The second-order valence-corrected chi connectivity index (χ2v) is 6.57. The third-order valence-electron chi connectivity index (χ3n) is 4.04. The lowest BCUT2D eigenvalue weighted by atomic mass is 10.1. The van der Waals surface area contributed by atoms with Gasteiger partial charge in [-0.15, -0.1) is 11.3 Å². The highest BCUT2D eigenvalue weighted by molar-refractivity contribution is 7.12. The number of nitrogens with zero attached hydrogens (tertiary/aromatic N) is 3. The molecule has 1 saturated heterocycles. The molecule has 1 atom stereocenters. The zero-order valence-corrected chi connectivity index (χ0v) is 13.7. The summed E-state index contributed by atoms with van der Waals surface area (Å²) in [6, 6.07) is 4.04. The lowest BCUT2D eigenvalue weighted by Crippen LogP contribution is -2.25. The molecule has 0 saturated carbocycles. The average molecular weight is 316 g/mol. The molecular weight excluding hydrogens is 296 g/mol. The van der Waals surface area contributed by atoms with Crippen LogP contribution >= 0.6 is 11.3 Å². The van der Waals surface area contributed by atoms with Crippen molar-refractivity contribution >= 4 is 17.2 Å². The van der Waals surface area contributed by atoms with Gasteiger partial charge in [-0.2, -0.15) is 0 Å². The van der Waals surface area contributed by atoms with E-state index in [0.717, 1.165) is 34.9 Å². The van der Waals surface area contributed by atoms with Gasteiger partial charge in [0.05, 0.1) is 16.6 Å². The van der Waals surface area contributed by atoms with Crippen LogP contribution in [-0.4, -0.2) is 34.4 Å². The Morgan fingerprint density at radius 2 is 2.41 bits per heavy atom. The standard InChI is InChI=1S/C16H20N4OS/c1-11-17-9-12(10-18-16(21)14-6-4-8-22-14)15(19-11)13-5-3-7-20(13)2/h4,6,8-9,13H,3,5,7,10H2,1-2H3,(H,18,21). The molecule has 2 aromatic heterocycles. The third kappa shape index (κ3) is 3.18. The Labute approximate surface area is 134 Å². The largest absolute Gasteiger partial charge is 0.347 e. The first-order valence-corrected chi connectivity index (χ1v) is 8.37. The number of likely N-dealkylation sites (tertiary alicyclic amines) is 1. The normalized spacial score (nSPS) is 18.5. The lowest BCUT2D eigenvalue weighted by molar-refractivity contribution is 0.0954. The maximum absolute atomic E-state index is 12.1. The average Bonchev–Trinajstić information content (AvgIpc) is 3.17. The van der Waals surface area contributed by atoms with Gasteiger partial charge in [-0.3, -0.25) is 9.69 Å². The van der Waals surface area contributed by atoms with Gasteiger partial charge in [0.15, 0.2) is 0 Å². The summed E-state index contributed by atoms with van der Waals surface area (Å²) < 4.78 is 0. The number of hydrogen-bond donors (Lipinski definition) is 1. The van der Waals surface area contributed by atoms with Gasteiger partial charge in [0.2, 0.25) is 0 Å². The van der Waals surface area contributed by atoms with Crippen LogP contribution in [0.5, 0.6) is 0 Å². The molecule has 1 N–H and O–H groups in total. The zero-order valence-electron chi connectivity index (χ0n) is 12.9. The molecule has 0 aliphatic carbocycles. The number of aryl methyl sites for hydroxylation is 1. The summed E-state index contributed by atoms with van der Waals surface area (Å²) in [4.78, 5) is 24.1. The van der Waals surface area contributed by atoms with Crippen LogP contribution in [0.4, 0.5) is 0 Å². The van der Waals surface area contributed by atoms with Gasteiger partial charge >= 0.3 is 0 Å². The van der Waals surface area contributed by atoms with E-state index in [1.165, 1.54) is 17.8 Å². The lowest BCUT2D eigenvalue weighted by Gasteiger charge is -2.21. The molecule has 0 bridgehead atoms. The van der Waals surface area contributed by atoms with Crippen molar-refractivity contribution in [1.82, 2.24) is 20.2 Å². The topological polar surface area (TPSA) is 58.1 Å². The molecule has 6 heteroatoms.